The molecule has 2 N–H and O–H groups in total. The fourth-order valence-corrected chi connectivity index (χ4v) is 2.80. The first-order valence-electron chi connectivity index (χ1n) is 7.36. The summed E-state index contributed by atoms with van der Waals surface area (Å²) in [4.78, 5) is 5.46. The van der Waals surface area contributed by atoms with Crippen LogP contribution in [0.3, 0.4) is 0 Å². The molecule has 0 aromatic heterocycles. The van der Waals surface area contributed by atoms with E-state index in [1.807, 2.05) is 12.1 Å². The predicted octanol–water partition coefficient (Wildman–Crippen LogP) is 3.39. The second kappa shape index (κ2) is 7.30. The summed E-state index contributed by atoms with van der Waals surface area (Å²) in [5.74, 6) is -0.210. The van der Waals surface area contributed by atoms with Gasteiger partial charge in [0.15, 0.2) is 6.10 Å². The van der Waals surface area contributed by atoms with Crippen LogP contribution in [0.25, 0.3) is 0 Å². The topological polar surface area (TPSA) is 38.2 Å². The van der Waals surface area contributed by atoms with E-state index in [-0.39, 0.29) is 11.9 Å². The number of nitrogens with two attached hydrogens (primary N) is 1. The predicted molar refractivity (Wildman–Crippen MR) is 89.4 cm³/mol. The number of quaternary nitrogens is 1. The van der Waals surface area contributed by atoms with Gasteiger partial charge in [0.25, 0.3) is 0 Å². The van der Waals surface area contributed by atoms with Crippen molar-refractivity contribution in [3.05, 3.63) is 69.5 Å². The lowest BCUT2D eigenvalue weighted by Gasteiger charge is -2.07. The number of hydrogen-bond donors (Lipinski definition) is 1. The molecule has 2 aromatic carbocycles. The summed E-state index contributed by atoms with van der Waals surface area (Å²) < 4.78 is 13.1. The molecule has 3 nitrogen and oxygen atoms in total. The first kappa shape index (κ1) is 16.2. The van der Waals surface area contributed by atoms with Gasteiger partial charge in [-0.25, -0.2) is 4.39 Å². The zero-order valence-corrected chi connectivity index (χ0v) is 13.8. The van der Waals surface area contributed by atoms with Gasteiger partial charge in [-0.1, -0.05) is 46.6 Å². The lowest BCUT2D eigenvalue weighted by Crippen LogP contribution is -2.84. The van der Waals surface area contributed by atoms with Crippen molar-refractivity contribution in [1.29, 1.82) is 0 Å². The Morgan fingerprint density at radius 1 is 1.17 bits per heavy atom. The van der Waals surface area contributed by atoms with E-state index in [2.05, 4.69) is 10.5 Å². The SMILES string of the molecule is Fc1cccc(C[NH2+]C[C@H]2CC(c3ccc(Cl)c(Cl)c3)=NO2)c1. The molecule has 0 amide bonds. The lowest BCUT2D eigenvalue weighted by molar-refractivity contribution is -0.676. The minimum Gasteiger partial charge on any atom is -0.386 e. The molecule has 23 heavy (non-hydrogen) atoms. The molecule has 0 unspecified atom stereocenters. The monoisotopic (exact) mass is 353 g/mol. The lowest BCUT2D eigenvalue weighted by atomic mass is 10.1. The number of benzene rings is 2. The van der Waals surface area contributed by atoms with Gasteiger partial charge in [-0.3, -0.25) is 0 Å². The van der Waals surface area contributed by atoms with E-state index in [1.54, 1.807) is 24.3 Å². The van der Waals surface area contributed by atoms with Crippen molar-refractivity contribution in [2.45, 2.75) is 19.1 Å². The Balaban J connectivity index is 1.50. The van der Waals surface area contributed by atoms with E-state index in [0.717, 1.165) is 29.8 Å². The Labute approximate surface area is 144 Å². The molecule has 1 atom stereocenters. The van der Waals surface area contributed by atoms with Gasteiger partial charge in [0.2, 0.25) is 0 Å². The fourth-order valence-electron chi connectivity index (χ4n) is 2.50. The second-order valence-electron chi connectivity index (χ2n) is 5.46. The van der Waals surface area contributed by atoms with Gasteiger partial charge in [-0.15, -0.1) is 0 Å². The number of rotatable bonds is 5. The van der Waals surface area contributed by atoms with E-state index in [0.29, 0.717) is 16.6 Å². The first-order chi connectivity index (χ1) is 11.1. The Bertz CT molecular complexity index is 736. The summed E-state index contributed by atoms with van der Waals surface area (Å²) in [6.07, 6.45) is 0.727. The molecule has 0 bridgehead atoms. The quantitative estimate of drug-likeness (QED) is 0.878. The van der Waals surface area contributed by atoms with Crippen LogP contribution in [0.5, 0.6) is 0 Å². The van der Waals surface area contributed by atoms with Crippen molar-refractivity contribution in [1.82, 2.24) is 0 Å². The molecule has 3 rings (SSSR count). The maximum Gasteiger partial charge on any atom is 0.181 e. The highest BCUT2D eigenvalue weighted by atomic mass is 35.5. The molecule has 0 fully saturated rings. The second-order valence-corrected chi connectivity index (χ2v) is 6.27. The highest BCUT2D eigenvalue weighted by molar-refractivity contribution is 6.42. The van der Waals surface area contributed by atoms with Crippen LogP contribution in [0.4, 0.5) is 4.39 Å². The highest BCUT2D eigenvalue weighted by Gasteiger charge is 2.23. The summed E-state index contributed by atoms with van der Waals surface area (Å²) in [7, 11) is 0. The van der Waals surface area contributed by atoms with Crippen LogP contribution in [0.15, 0.2) is 47.6 Å². The summed E-state index contributed by atoms with van der Waals surface area (Å²) >= 11 is 11.9. The van der Waals surface area contributed by atoms with Crippen molar-refractivity contribution >= 4 is 28.9 Å². The molecule has 1 aliphatic rings. The van der Waals surface area contributed by atoms with Gasteiger partial charge in [0.05, 0.1) is 15.8 Å². The third-order valence-electron chi connectivity index (χ3n) is 3.68. The molecular weight excluding hydrogens is 338 g/mol. The summed E-state index contributed by atoms with van der Waals surface area (Å²) in [6.45, 7) is 1.46. The smallest absolute Gasteiger partial charge is 0.181 e. The average Bonchev–Trinajstić information content (AvgIpc) is 2.99. The first-order valence-corrected chi connectivity index (χ1v) is 8.11. The van der Waals surface area contributed by atoms with Crippen LogP contribution in [0, 0.1) is 5.82 Å². The van der Waals surface area contributed by atoms with Gasteiger partial charge in [0.1, 0.15) is 18.9 Å². The van der Waals surface area contributed by atoms with Gasteiger partial charge in [0, 0.05) is 17.5 Å². The maximum absolute atomic E-state index is 13.1. The Morgan fingerprint density at radius 3 is 2.83 bits per heavy atom. The van der Waals surface area contributed by atoms with Crippen LogP contribution in [0.1, 0.15) is 17.5 Å². The Kier molecular flexibility index (Phi) is 5.16. The molecule has 0 radical (unpaired) electrons. The van der Waals surface area contributed by atoms with Crippen LogP contribution in [-0.2, 0) is 11.4 Å². The molecule has 120 valence electrons. The van der Waals surface area contributed by atoms with Crippen LogP contribution in [0.2, 0.25) is 10.0 Å². The van der Waals surface area contributed by atoms with Gasteiger partial charge < -0.3 is 10.2 Å². The average molecular weight is 354 g/mol. The van der Waals surface area contributed by atoms with E-state index in [1.165, 1.54) is 6.07 Å². The van der Waals surface area contributed by atoms with Crippen LogP contribution in [-0.4, -0.2) is 18.4 Å². The molecule has 0 aliphatic carbocycles. The minimum atomic E-state index is -0.210. The molecule has 1 aliphatic heterocycles. The van der Waals surface area contributed by atoms with Crippen molar-refractivity contribution in [2.75, 3.05) is 6.54 Å². The molecule has 6 heteroatoms. The molecule has 2 aromatic rings. The van der Waals surface area contributed by atoms with Crippen LogP contribution < -0.4 is 5.32 Å². The molecule has 0 spiro atoms. The Morgan fingerprint density at radius 2 is 2.04 bits per heavy atom. The third kappa shape index (κ3) is 4.22. The highest BCUT2D eigenvalue weighted by Crippen LogP contribution is 2.25. The third-order valence-corrected chi connectivity index (χ3v) is 4.42. The van der Waals surface area contributed by atoms with Crippen molar-refractivity contribution < 1.29 is 14.5 Å². The maximum atomic E-state index is 13.1. The number of halogens is 3. The minimum absolute atomic E-state index is 0.00742. The van der Waals surface area contributed by atoms with Crippen molar-refractivity contribution in [3.8, 4) is 0 Å². The zero-order valence-electron chi connectivity index (χ0n) is 12.3. The van der Waals surface area contributed by atoms with E-state index in [4.69, 9.17) is 28.0 Å². The van der Waals surface area contributed by atoms with E-state index >= 15 is 0 Å². The standard InChI is InChI=1S/C17H15Cl2FN2O/c18-15-5-4-12(7-16(15)19)17-8-14(23-22-17)10-21-9-11-2-1-3-13(20)6-11/h1-7,14,21H,8-10H2/p+1/t14-/m1/s1. The number of oxime groups is 1. The molecule has 0 saturated heterocycles. The van der Waals surface area contributed by atoms with Crippen LogP contribution >= 0.6 is 23.2 Å². The molecule has 1 heterocycles. The van der Waals surface area contributed by atoms with Crippen molar-refractivity contribution in [3.63, 3.8) is 0 Å². The zero-order chi connectivity index (χ0) is 16.2. The van der Waals surface area contributed by atoms with Gasteiger partial charge in [-0.05, 0) is 24.3 Å². The normalized spacial score (nSPS) is 17.0. The Hall–Kier alpha value is -1.62. The fraction of sp³-hybridized carbons (Fsp3) is 0.235. The molecule has 0 saturated carbocycles. The van der Waals surface area contributed by atoms with E-state index in [9.17, 15) is 4.39 Å². The summed E-state index contributed by atoms with van der Waals surface area (Å²) in [5, 5.41) is 7.25. The summed E-state index contributed by atoms with van der Waals surface area (Å²) in [6, 6.07) is 12.1. The van der Waals surface area contributed by atoms with Crippen molar-refractivity contribution in [2.24, 2.45) is 5.16 Å². The largest absolute Gasteiger partial charge is 0.386 e. The van der Waals surface area contributed by atoms with E-state index < -0.39 is 0 Å². The number of hydrogen-bond acceptors (Lipinski definition) is 2. The van der Waals surface area contributed by atoms with Gasteiger partial charge >= 0.3 is 0 Å². The molecular formula is C17H16Cl2FN2O+. The summed E-state index contributed by atoms with van der Waals surface area (Å²) in [5.41, 5.74) is 2.74. The van der Waals surface area contributed by atoms with Gasteiger partial charge in [-0.2, -0.15) is 0 Å². The number of nitrogens with zero attached hydrogens (tertiary/aromatic N) is 1.